The molecule has 0 unspecified atom stereocenters. The highest BCUT2D eigenvalue weighted by molar-refractivity contribution is 9.10. The molecule has 0 atom stereocenters. The molecule has 0 saturated carbocycles. The zero-order valence-corrected chi connectivity index (χ0v) is 11.7. The van der Waals surface area contributed by atoms with Gasteiger partial charge < -0.3 is 4.74 Å². The van der Waals surface area contributed by atoms with Crippen LogP contribution in [0.25, 0.3) is 0 Å². The van der Waals surface area contributed by atoms with Crippen LogP contribution in [0, 0.1) is 0 Å². The van der Waals surface area contributed by atoms with E-state index in [4.69, 9.17) is 4.74 Å². The SMILES string of the molecule is BrCc1ccc(Br)cc1Oc1ccccc1. The first-order valence-corrected chi connectivity index (χ1v) is 6.78. The monoisotopic (exact) mass is 340 g/mol. The first-order valence-electron chi connectivity index (χ1n) is 4.87. The Bertz CT molecular complexity index is 469. The predicted octanol–water partition coefficient (Wildman–Crippen LogP) is 5.14. The van der Waals surface area contributed by atoms with Crippen molar-refractivity contribution in [2.75, 3.05) is 0 Å². The van der Waals surface area contributed by atoms with E-state index >= 15 is 0 Å². The lowest BCUT2D eigenvalue weighted by Gasteiger charge is -2.09. The Morgan fingerprint density at radius 3 is 2.44 bits per heavy atom. The summed E-state index contributed by atoms with van der Waals surface area (Å²) in [6.45, 7) is 0. The van der Waals surface area contributed by atoms with Gasteiger partial charge in [-0.15, -0.1) is 0 Å². The van der Waals surface area contributed by atoms with Crippen molar-refractivity contribution in [1.82, 2.24) is 0 Å². The molecule has 0 aromatic heterocycles. The van der Waals surface area contributed by atoms with E-state index in [1.54, 1.807) is 0 Å². The summed E-state index contributed by atoms with van der Waals surface area (Å²) < 4.78 is 6.84. The van der Waals surface area contributed by atoms with Crippen LogP contribution in [-0.4, -0.2) is 0 Å². The third-order valence-electron chi connectivity index (χ3n) is 2.14. The Kier molecular flexibility index (Phi) is 4.02. The second-order valence-electron chi connectivity index (χ2n) is 3.30. The lowest BCUT2D eigenvalue weighted by atomic mass is 10.2. The topological polar surface area (TPSA) is 9.23 Å². The molecule has 2 aromatic rings. The van der Waals surface area contributed by atoms with E-state index in [0.717, 1.165) is 26.9 Å². The average molecular weight is 342 g/mol. The highest BCUT2D eigenvalue weighted by Gasteiger charge is 2.04. The molecule has 0 aliphatic heterocycles. The number of alkyl halides is 1. The molecule has 0 amide bonds. The molecule has 2 rings (SSSR count). The second kappa shape index (κ2) is 5.51. The van der Waals surface area contributed by atoms with Crippen LogP contribution in [0.3, 0.4) is 0 Å². The summed E-state index contributed by atoms with van der Waals surface area (Å²) in [5.41, 5.74) is 1.13. The third-order valence-corrected chi connectivity index (χ3v) is 3.24. The molecule has 16 heavy (non-hydrogen) atoms. The summed E-state index contributed by atoms with van der Waals surface area (Å²) >= 11 is 6.89. The van der Waals surface area contributed by atoms with Gasteiger partial charge in [-0.25, -0.2) is 0 Å². The van der Waals surface area contributed by atoms with E-state index in [1.807, 2.05) is 48.5 Å². The van der Waals surface area contributed by atoms with Crippen molar-refractivity contribution in [2.45, 2.75) is 5.33 Å². The molecule has 82 valence electrons. The minimum Gasteiger partial charge on any atom is -0.457 e. The van der Waals surface area contributed by atoms with Crippen LogP contribution < -0.4 is 4.74 Å². The summed E-state index contributed by atoms with van der Waals surface area (Å²) in [5.74, 6) is 1.72. The minimum absolute atomic E-state index is 0.780. The zero-order chi connectivity index (χ0) is 11.4. The average Bonchev–Trinajstić information content (AvgIpc) is 2.31. The van der Waals surface area contributed by atoms with Crippen LogP contribution in [0.2, 0.25) is 0 Å². The minimum atomic E-state index is 0.780. The standard InChI is InChI=1S/C13H10Br2O/c14-9-10-6-7-11(15)8-13(10)16-12-4-2-1-3-5-12/h1-8H,9H2. The number of rotatable bonds is 3. The Morgan fingerprint density at radius 1 is 1.00 bits per heavy atom. The number of halogens is 2. The van der Waals surface area contributed by atoms with Crippen molar-refractivity contribution in [1.29, 1.82) is 0 Å². The Balaban J connectivity index is 2.30. The molecule has 0 spiro atoms. The predicted molar refractivity (Wildman–Crippen MR) is 73.3 cm³/mol. The number of hydrogen-bond donors (Lipinski definition) is 0. The quantitative estimate of drug-likeness (QED) is 0.702. The van der Waals surface area contributed by atoms with Gasteiger partial charge in [-0.05, 0) is 24.3 Å². The lowest BCUT2D eigenvalue weighted by Crippen LogP contribution is -1.89. The highest BCUT2D eigenvalue weighted by atomic mass is 79.9. The van der Waals surface area contributed by atoms with E-state index in [2.05, 4.69) is 31.9 Å². The summed E-state index contributed by atoms with van der Waals surface area (Å²) in [6.07, 6.45) is 0. The first-order chi connectivity index (χ1) is 7.79. The molecule has 0 fully saturated rings. The number of hydrogen-bond acceptors (Lipinski definition) is 1. The fourth-order valence-electron chi connectivity index (χ4n) is 1.35. The molecule has 1 nitrogen and oxygen atoms in total. The summed E-state index contributed by atoms with van der Waals surface area (Å²) in [4.78, 5) is 0. The highest BCUT2D eigenvalue weighted by Crippen LogP contribution is 2.29. The van der Waals surface area contributed by atoms with Crippen LogP contribution in [0.5, 0.6) is 11.5 Å². The fraction of sp³-hybridized carbons (Fsp3) is 0.0769. The van der Waals surface area contributed by atoms with Crippen molar-refractivity contribution in [3.05, 3.63) is 58.6 Å². The van der Waals surface area contributed by atoms with Crippen molar-refractivity contribution in [3.63, 3.8) is 0 Å². The van der Waals surface area contributed by atoms with E-state index in [-0.39, 0.29) is 0 Å². The van der Waals surface area contributed by atoms with E-state index < -0.39 is 0 Å². The van der Waals surface area contributed by atoms with Gasteiger partial charge in [0.2, 0.25) is 0 Å². The van der Waals surface area contributed by atoms with Gasteiger partial charge in [-0.1, -0.05) is 56.1 Å². The van der Waals surface area contributed by atoms with E-state index in [0.29, 0.717) is 0 Å². The van der Waals surface area contributed by atoms with Crippen molar-refractivity contribution in [2.24, 2.45) is 0 Å². The van der Waals surface area contributed by atoms with E-state index in [1.165, 1.54) is 0 Å². The van der Waals surface area contributed by atoms with Gasteiger partial charge in [0.15, 0.2) is 0 Å². The van der Waals surface area contributed by atoms with Gasteiger partial charge in [0, 0.05) is 15.4 Å². The molecule has 0 aliphatic rings. The molecule has 0 heterocycles. The van der Waals surface area contributed by atoms with Gasteiger partial charge in [0.1, 0.15) is 11.5 Å². The molecule has 0 bridgehead atoms. The van der Waals surface area contributed by atoms with Gasteiger partial charge >= 0.3 is 0 Å². The largest absolute Gasteiger partial charge is 0.457 e. The van der Waals surface area contributed by atoms with Crippen molar-refractivity contribution < 1.29 is 4.74 Å². The van der Waals surface area contributed by atoms with Crippen LogP contribution in [-0.2, 0) is 5.33 Å². The van der Waals surface area contributed by atoms with Gasteiger partial charge in [0.05, 0.1) is 0 Å². The number of ether oxygens (including phenoxy) is 1. The Labute approximate surface area is 112 Å². The smallest absolute Gasteiger partial charge is 0.132 e. The molecule has 0 aliphatic carbocycles. The molecule has 3 heteroatoms. The summed E-state index contributed by atoms with van der Waals surface area (Å²) in [6, 6.07) is 15.8. The zero-order valence-electron chi connectivity index (χ0n) is 8.49. The number of para-hydroxylation sites is 1. The second-order valence-corrected chi connectivity index (χ2v) is 4.78. The van der Waals surface area contributed by atoms with Crippen molar-refractivity contribution in [3.8, 4) is 11.5 Å². The van der Waals surface area contributed by atoms with E-state index in [9.17, 15) is 0 Å². The van der Waals surface area contributed by atoms with Crippen LogP contribution in [0.15, 0.2) is 53.0 Å². The Hall–Kier alpha value is -0.800. The van der Waals surface area contributed by atoms with Crippen LogP contribution in [0.4, 0.5) is 0 Å². The lowest BCUT2D eigenvalue weighted by molar-refractivity contribution is 0.478. The molecule has 0 N–H and O–H groups in total. The maximum absolute atomic E-state index is 5.82. The van der Waals surface area contributed by atoms with Gasteiger partial charge in [0.25, 0.3) is 0 Å². The normalized spacial score (nSPS) is 10.1. The maximum atomic E-state index is 5.82. The summed E-state index contributed by atoms with van der Waals surface area (Å²) in [7, 11) is 0. The molecular formula is C13H10Br2O. The van der Waals surface area contributed by atoms with Gasteiger partial charge in [-0.2, -0.15) is 0 Å². The molecule has 2 aromatic carbocycles. The van der Waals surface area contributed by atoms with Gasteiger partial charge in [-0.3, -0.25) is 0 Å². The Morgan fingerprint density at radius 2 is 1.75 bits per heavy atom. The van der Waals surface area contributed by atoms with Crippen LogP contribution >= 0.6 is 31.9 Å². The first kappa shape index (κ1) is 11.7. The molecule has 0 saturated heterocycles. The fourth-order valence-corrected chi connectivity index (χ4v) is 2.15. The van der Waals surface area contributed by atoms with Crippen LogP contribution in [0.1, 0.15) is 5.56 Å². The number of benzene rings is 2. The maximum Gasteiger partial charge on any atom is 0.132 e. The third kappa shape index (κ3) is 2.86. The summed E-state index contributed by atoms with van der Waals surface area (Å²) in [5, 5.41) is 0.780. The van der Waals surface area contributed by atoms with Crippen molar-refractivity contribution >= 4 is 31.9 Å². The molecule has 0 radical (unpaired) electrons. The molecular weight excluding hydrogens is 332 g/mol.